The Labute approximate surface area is 209 Å². The minimum atomic E-state index is -0.359. The fourth-order valence-electron chi connectivity index (χ4n) is 4.91. The van der Waals surface area contributed by atoms with E-state index in [1.54, 1.807) is 0 Å². The largest absolute Gasteiger partial charge is 0.302 e. The number of hydrogen-bond acceptors (Lipinski definition) is 6. The molecule has 1 aliphatic rings. The molecule has 184 valence electrons. The van der Waals surface area contributed by atoms with Crippen LogP contribution in [0.15, 0.2) is 53.3 Å². The predicted octanol–water partition coefficient (Wildman–Crippen LogP) is 4.17. The number of amides is 1. The highest BCUT2D eigenvalue weighted by molar-refractivity contribution is 5.96. The average Bonchev–Trinajstić information content (AvgIpc) is 3.52. The molecule has 0 aliphatic carbocycles. The number of fused-ring (bicyclic) bond motifs is 1. The van der Waals surface area contributed by atoms with Crippen LogP contribution in [0.2, 0.25) is 0 Å². The molecule has 3 heterocycles. The zero-order valence-corrected chi connectivity index (χ0v) is 20.7. The first-order chi connectivity index (χ1) is 17.5. The zero-order valence-electron chi connectivity index (χ0n) is 20.7. The molecule has 5 rings (SSSR count). The van der Waals surface area contributed by atoms with Crippen molar-refractivity contribution in [3.63, 3.8) is 0 Å². The van der Waals surface area contributed by atoms with Crippen molar-refractivity contribution >= 4 is 11.9 Å². The highest BCUT2D eigenvalue weighted by Gasteiger charge is 2.36. The van der Waals surface area contributed by atoms with Crippen molar-refractivity contribution < 1.29 is 4.79 Å². The number of carbonyl (C=O) groups excluding carboxylic acids is 1. The molecule has 0 saturated carbocycles. The summed E-state index contributed by atoms with van der Waals surface area (Å²) >= 11 is 0. The third-order valence-corrected chi connectivity index (χ3v) is 6.67. The molecule has 2 N–H and O–H groups in total. The Hall–Kier alpha value is -4.14. The molecule has 1 atom stereocenters. The van der Waals surface area contributed by atoms with Crippen molar-refractivity contribution in [1.82, 2.24) is 30.2 Å². The van der Waals surface area contributed by atoms with Gasteiger partial charge in [0.1, 0.15) is 6.04 Å². The van der Waals surface area contributed by atoms with E-state index in [1.807, 2.05) is 66.9 Å². The molecule has 9 nitrogen and oxygen atoms in total. The Balaban J connectivity index is 1.51. The van der Waals surface area contributed by atoms with Gasteiger partial charge >= 0.3 is 0 Å². The Morgan fingerprint density at radius 2 is 1.78 bits per heavy atom. The van der Waals surface area contributed by atoms with Gasteiger partial charge in [0, 0.05) is 23.2 Å². The van der Waals surface area contributed by atoms with Crippen molar-refractivity contribution in [3.8, 4) is 22.5 Å². The molecule has 0 bridgehead atoms. The van der Waals surface area contributed by atoms with Crippen molar-refractivity contribution in [2.75, 3.05) is 5.32 Å². The first-order valence-corrected chi connectivity index (χ1v) is 12.3. The van der Waals surface area contributed by atoms with Crippen LogP contribution in [0.25, 0.3) is 22.5 Å². The van der Waals surface area contributed by atoms with E-state index in [9.17, 15) is 9.59 Å². The summed E-state index contributed by atoms with van der Waals surface area (Å²) in [6.07, 6.45) is 3.11. The maximum atomic E-state index is 13.1. The van der Waals surface area contributed by atoms with E-state index in [-0.39, 0.29) is 23.4 Å². The second-order valence-corrected chi connectivity index (χ2v) is 9.47. The van der Waals surface area contributed by atoms with Crippen LogP contribution in [-0.2, 0) is 17.6 Å². The van der Waals surface area contributed by atoms with Gasteiger partial charge in [-0.2, -0.15) is 10.2 Å². The lowest BCUT2D eigenvalue weighted by atomic mass is 9.95. The van der Waals surface area contributed by atoms with Crippen LogP contribution < -0.4 is 10.9 Å². The lowest BCUT2D eigenvalue weighted by Gasteiger charge is -2.22. The molecule has 0 radical (unpaired) electrons. The maximum absolute atomic E-state index is 13.1. The third-order valence-electron chi connectivity index (χ3n) is 6.67. The van der Waals surface area contributed by atoms with Crippen molar-refractivity contribution in [2.45, 2.75) is 52.5 Å². The Kier molecular flexibility index (Phi) is 6.45. The van der Waals surface area contributed by atoms with Crippen LogP contribution in [0.4, 0.5) is 5.95 Å². The standard InChI is InChI=1S/C27H29N7O2/c1-4-5-10-22-21(25(35)28-27-29-26(36)23(16(2)3)34(22)27)15-17-11-13-18(14-12-17)19-8-6-7-9-20(19)24-30-32-33-31-24/h6-9,11-14,16,23H,4-5,10,15H2,1-3H3,(H,28,29,35,36)(H,30,31,32,33). The van der Waals surface area contributed by atoms with Gasteiger partial charge in [-0.05, 0) is 40.7 Å². The van der Waals surface area contributed by atoms with Crippen LogP contribution >= 0.6 is 0 Å². The fraction of sp³-hybridized carbons (Fsp3) is 0.333. The SMILES string of the molecule is CCCCc1c(Cc2ccc(-c3ccccc3-c3nn[nH]n3)cc2)c(=O)nc2n1C(C(C)C)C(=O)N2. The number of benzene rings is 2. The topological polar surface area (TPSA) is 118 Å². The summed E-state index contributed by atoms with van der Waals surface area (Å²) in [6, 6.07) is 15.7. The quantitative estimate of drug-likeness (QED) is 0.388. The number of tetrazole rings is 1. The lowest BCUT2D eigenvalue weighted by molar-refractivity contribution is -0.119. The summed E-state index contributed by atoms with van der Waals surface area (Å²) in [5, 5.41) is 17.2. The summed E-state index contributed by atoms with van der Waals surface area (Å²) in [5.41, 5.74) is 5.21. The van der Waals surface area contributed by atoms with Crippen molar-refractivity contribution in [2.24, 2.45) is 5.92 Å². The lowest BCUT2D eigenvalue weighted by Crippen LogP contribution is -2.26. The minimum absolute atomic E-state index is 0.0855. The van der Waals surface area contributed by atoms with Gasteiger partial charge in [0.2, 0.25) is 17.7 Å². The number of nitrogens with zero attached hydrogens (tertiary/aromatic N) is 5. The molecule has 0 saturated heterocycles. The monoisotopic (exact) mass is 483 g/mol. The number of unbranched alkanes of at least 4 members (excludes halogenated alkanes) is 1. The molecule has 2 aromatic heterocycles. The first kappa shape index (κ1) is 23.6. The fourth-order valence-corrected chi connectivity index (χ4v) is 4.91. The summed E-state index contributed by atoms with van der Waals surface area (Å²) in [6.45, 7) is 6.16. The number of hydrogen-bond donors (Lipinski definition) is 2. The van der Waals surface area contributed by atoms with E-state index in [4.69, 9.17) is 0 Å². The second-order valence-electron chi connectivity index (χ2n) is 9.47. The van der Waals surface area contributed by atoms with Crippen molar-refractivity contribution in [3.05, 3.63) is 75.7 Å². The number of aromatic nitrogens is 6. The molecule has 1 amide bonds. The molecule has 1 unspecified atom stereocenters. The normalized spacial score (nSPS) is 14.8. The molecule has 0 spiro atoms. The molecular weight excluding hydrogens is 454 g/mol. The number of H-pyrrole nitrogens is 1. The Morgan fingerprint density at radius 1 is 1.03 bits per heavy atom. The summed E-state index contributed by atoms with van der Waals surface area (Å²) in [7, 11) is 0. The van der Waals surface area contributed by atoms with E-state index >= 15 is 0 Å². The first-order valence-electron chi connectivity index (χ1n) is 12.3. The summed E-state index contributed by atoms with van der Waals surface area (Å²) in [4.78, 5) is 30.1. The van der Waals surface area contributed by atoms with E-state index in [0.29, 0.717) is 23.8 Å². The summed E-state index contributed by atoms with van der Waals surface area (Å²) in [5.74, 6) is 0.890. The van der Waals surface area contributed by atoms with E-state index in [0.717, 1.165) is 47.2 Å². The number of anilines is 1. The Bertz CT molecular complexity index is 1440. The van der Waals surface area contributed by atoms with Crippen LogP contribution in [0.3, 0.4) is 0 Å². The third kappa shape index (κ3) is 4.32. The van der Waals surface area contributed by atoms with Crippen LogP contribution in [-0.4, -0.2) is 36.1 Å². The molecule has 4 aromatic rings. The van der Waals surface area contributed by atoms with Crippen LogP contribution in [0.1, 0.15) is 56.5 Å². The van der Waals surface area contributed by atoms with E-state index in [1.165, 1.54) is 0 Å². The predicted molar refractivity (Wildman–Crippen MR) is 137 cm³/mol. The van der Waals surface area contributed by atoms with Crippen LogP contribution in [0.5, 0.6) is 0 Å². The molecule has 36 heavy (non-hydrogen) atoms. The van der Waals surface area contributed by atoms with Crippen molar-refractivity contribution in [1.29, 1.82) is 0 Å². The highest BCUT2D eigenvalue weighted by Crippen LogP contribution is 2.33. The van der Waals surface area contributed by atoms with E-state index in [2.05, 4.69) is 37.8 Å². The van der Waals surface area contributed by atoms with Gasteiger partial charge in [-0.1, -0.05) is 75.7 Å². The molecule has 1 aliphatic heterocycles. The average molecular weight is 484 g/mol. The zero-order chi connectivity index (χ0) is 25.2. The van der Waals surface area contributed by atoms with Gasteiger partial charge in [-0.25, -0.2) is 0 Å². The molecule has 0 fully saturated rings. The molecular formula is C27H29N7O2. The smallest absolute Gasteiger partial charge is 0.278 e. The van der Waals surface area contributed by atoms with Gasteiger partial charge in [-0.3, -0.25) is 14.9 Å². The number of carbonyl (C=O) groups is 1. The van der Waals surface area contributed by atoms with Gasteiger partial charge < -0.3 is 4.57 Å². The second kappa shape index (κ2) is 9.85. The Morgan fingerprint density at radius 3 is 2.44 bits per heavy atom. The summed E-state index contributed by atoms with van der Waals surface area (Å²) < 4.78 is 1.97. The van der Waals surface area contributed by atoms with Crippen LogP contribution in [0, 0.1) is 5.92 Å². The van der Waals surface area contributed by atoms with Gasteiger partial charge in [0.25, 0.3) is 5.56 Å². The van der Waals surface area contributed by atoms with Gasteiger partial charge in [-0.15, -0.1) is 10.2 Å². The van der Waals surface area contributed by atoms with E-state index < -0.39 is 0 Å². The van der Waals surface area contributed by atoms with Gasteiger partial charge in [0.15, 0.2) is 0 Å². The number of rotatable bonds is 8. The maximum Gasteiger partial charge on any atom is 0.278 e. The number of nitrogens with one attached hydrogen (secondary N) is 2. The minimum Gasteiger partial charge on any atom is -0.302 e. The van der Waals surface area contributed by atoms with Gasteiger partial charge in [0.05, 0.1) is 0 Å². The highest BCUT2D eigenvalue weighted by atomic mass is 16.2. The number of aromatic amines is 1. The molecule has 2 aromatic carbocycles. The molecule has 9 heteroatoms.